The molecule has 2 atom stereocenters. The van der Waals surface area contributed by atoms with Crippen LogP contribution in [0.2, 0.25) is 0 Å². The first-order valence-corrected chi connectivity index (χ1v) is 7.88. The fourth-order valence-electron chi connectivity index (χ4n) is 3.28. The van der Waals surface area contributed by atoms with Gasteiger partial charge >= 0.3 is 5.97 Å². The van der Waals surface area contributed by atoms with E-state index in [4.69, 9.17) is 4.74 Å². The monoisotopic (exact) mass is 384 g/mol. The maximum Gasteiger partial charge on any atom is 0.313 e. The average Bonchev–Trinajstić information content (AvgIpc) is 2.81. The molecule has 0 amide bonds. The van der Waals surface area contributed by atoms with Crippen molar-refractivity contribution in [2.75, 3.05) is 6.61 Å². The van der Waals surface area contributed by atoms with Crippen molar-refractivity contribution < 1.29 is 9.53 Å². The molecule has 2 fully saturated rings. The highest BCUT2D eigenvalue weighted by Gasteiger charge is 2.55. The highest BCUT2D eigenvalue weighted by molar-refractivity contribution is 9.13. The SMILES string of the molecule is C=C1CC2COC(=O)C2(Cc2ccc(Br)c(Br)c2)C1. The largest absolute Gasteiger partial charge is 0.465 e. The van der Waals surface area contributed by atoms with Gasteiger partial charge in [0.25, 0.3) is 0 Å². The number of cyclic esters (lactones) is 1. The molecule has 0 N–H and O–H groups in total. The lowest BCUT2D eigenvalue weighted by atomic mass is 9.75. The highest BCUT2D eigenvalue weighted by Crippen LogP contribution is 2.52. The van der Waals surface area contributed by atoms with Gasteiger partial charge in [-0.25, -0.2) is 0 Å². The van der Waals surface area contributed by atoms with E-state index in [-0.39, 0.29) is 11.4 Å². The van der Waals surface area contributed by atoms with Gasteiger partial charge in [-0.2, -0.15) is 0 Å². The quantitative estimate of drug-likeness (QED) is 0.561. The zero-order valence-electron chi connectivity index (χ0n) is 10.4. The van der Waals surface area contributed by atoms with Crippen molar-refractivity contribution in [3.8, 4) is 0 Å². The Balaban J connectivity index is 1.93. The summed E-state index contributed by atoms with van der Waals surface area (Å²) in [6, 6.07) is 6.14. The molecular weight excluding hydrogens is 372 g/mol. The molecule has 0 aromatic heterocycles. The molecule has 2 unspecified atom stereocenters. The molecule has 0 bridgehead atoms. The summed E-state index contributed by atoms with van der Waals surface area (Å²) in [5.41, 5.74) is 1.97. The summed E-state index contributed by atoms with van der Waals surface area (Å²) in [5, 5.41) is 0. The molecule has 1 aliphatic carbocycles. The van der Waals surface area contributed by atoms with Crippen LogP contribution >= 0.6 is 31.9 Å². The van der Waals surface area contributed by atoms with Gasteiger partial charge in [0, 0.05) is 14.9 Å². The van der Waals surface area contributed by atoms with Crippen LogP contribution in [-0.2, 0) is 16.0 Å². The second-order valence-corrected chi connectivity index (χ2v) is 7.22. The third-order valence-corrected chi connectivity index (χ3v) is 6.09. The smallest absolute Gasteiger partial charge is 0.313 e. The van der Waals surface area contributed by atoms with E-state index < -0.39 is 0 Å². The Labute approximate surface area is 129 Å². The van der Waals surface area contributed by atoms with Crippen LogP contribution in [0.5, 0.6) is 0 Å². The lowest BCUT2D eigenvalue weighted by Crippen LogP contribution is -2.31. The Morgan fingerprint density at radius 3 is 2.89 bits per heavy atom. The number of esters is 1. The van der Waals surface area contributed by atoms with E-state index in [2.05, 4.69) is 50.6 Å². The Kier molecular flexibility index (Phi) is 3.34. The second kappa shape index (κ2) is 4.74. The number of carbonyl (C=O) groups excluding carboxylic acids is 1. The van der Waals surface area contributed by atoms with Gasteiger partial charge in [0.1, 0.15) is 0 Å². The number of hydrogen-bond acceptors (Lipinski definition) is 2. The lowest BCUT2D eigenvalue weighted by Gasteiger charge is -2.24. The zero-order valence-corrected chi connectivity index (χ0v) is 13.6. The van der Waals surface area contributed by atoms with Gasteiger partial charge in [-0.1, -0.05) is 18.2 Å². The number of hydrogen-bond donors (Lipinski definition) is 0. The zero-order chi connectivity index (χ0) is 13.6. The van der Waals surface area contributed by atoms with Gasteiger partial charge in [0.15, 0.2) is 0 Å². The van der Waals surface area contributed by atoms with Crippen LogP contribution in [0, 0.1) is 11.3 Å². The third-order valence-electron chi connectivity index (χ3n) is 4.21. The van der Waals surface area contributed by atoms with E-state index in [1.807, 2.05) is 6.07 Å². The number of fused-ring (bicyclic) bond motifs is 1. The second-order valence-electron chi connectivity index (χ2n) is 5.51. The molecule has 3 rings (SSSR count). The summed E-state index contributed by atoms with van der Waals surface area (Å²) >= 11 is 6.98. The van der Waals surface area contributed by atoms with Crippen LogP contribution < -0.4 is 0 Å². The molecule has 2 nitrogen and oxygen atoms in total. The number of halogens is 2. The first kappa shape index (κ1) is 13.4. The molecule has 1 saturated heterocycles. The third kappa shape index (κ3) is 2.19. The van der Waals surface area contributed by atoms with E-state index in [1.54, 1.807) is 0 Å². The van der Waals surface area contributed by atoms with E-state index in [1.165, 1.54) is 5.57 Å². The first-order chi connectivity index (χ1) is 9.01. The van der Waals surface area contributed by atoms with Crippen molar-refractivity contribution >= 4 is 37.8 Å². The topological polar surface area (TPSA) is 26.3 Å². The molecule has 0 spiro atoms. The van der Waals surface area contributed by atoms with Crippen molar-refractivity contribution in [3.63, 3.8) is 0 Å². The minimum Gasteiger partial charge on any atom is -0.465 e. The van der Waals surface area contributed by atoms with Crippen LogP contribution in [0.25, 0.3) is 0 Å². The van der Waals surface area contributed by atoms with Gasteiger partial charge in [-0.05, 0) is 68.8 Å². The Bertz CT molecular complexity index is 567. The molecular formula is C15H14Br2O2. The minimum absolute atomic E-state index is 0.0461. The number of rotatable bonds is 2. The molecule has 1 heterocycles. The van der Waals surface area contributed by atoms with Gasteiger partial charge < -0.3 is 4.74 Å². The Morgan fingerprint density at radius 2 is 2.16 bits per heavy atom. The standard InChI is InChI=1S/C15H14Br2O2/c1-9-4-11-8-19-14(18)15(11,6-9)7-10-2-3-12(16)13(17)5-10/h2-3,5,11H,1,4,6-8H2. The van der Waals surface area contributed by atoms with E-state index in [0.29, 0.717) is 12.5 Å². The Morgan fingerprint density at radius 1 is 1.37 bits per heavy atom. The summed E-state index contributed by atoms with van der Waals surface area (Å²) in [6.45, 7) is 4.62. The Hall–Kier alpha value is -0.610. The summed E-state index contributed by atoms with van der Waals surface area (Å²) in [6.07, 6.45) is 2.43. The predicted molar refractivity (Wildman–Crippen MR) is 80.8 cm³/mol. The molecule has 1 saturated carbocycles. The molecule has 1 aromatic rings. The van der Waals surface area contributed by atoms with E-state index >= 15 is 0 Å². The van der Waals surface area contributed by atoms with Crippen LogP contribution in [-0.4, -0.2) is 12.6 Å². The summed E-state index contributed by atoms with van der Waals surface area (Å²) in [4.78, 5) is 12.2. The van der Waals surface area contributed by atoms with Crippen molar-refractivity contribution in [3.05, 3.63) is 44.9 Å². The van der Waals surface area contributed by atoms with Gasteiger partial charge in [-0.15, -0.1) is 0 Å². The van der Waals surface area contributed by atoms with Crippen LogP contribution in [0.4, 0.5) is 0 Å². The summed E-state index contributed by atoms with van der Waals surface area (Å²) in [5.74, 6) is 0.255. The number of benzene rings is 1. The van der Waals surface area contributed by atoms with Gasteiger partial charge in [0.05, 0.1) is 12.0 Å². The van der Waals surface area contributed by atoms with Crippen molar-refractivity contribution in [1.82, 2.24) is 0 Å². The fourth-order valence-corrected chi connectivity index (χ4v) is 3.95. The lowest BCUT2D eigenvalue weighted by molar-refractivity contribution is -0.146. The molecule has 1 aliphatic heterocycles. The average molecular weight is 386 g/mol. The fraction of sp³-hybridized carbons (Fsp3) is 0.400. The normalized spacial score (nSPS) is 29.5. The van der Waals surface area contributed by atoms with Crippen LogP contribution in [0.3, 0.4) is 0 Å². The molecule has 0 radical (unpaired) electrons. The van der Waals surface area contributed by atoms with Crippen LogP contribution in [0.1, 0.15) is 18.4 Å². The summed E-state index contributed by atoms with van der Waals surface area (Å²) < 4.78 is 7.33. The maximum absolute atomic E-state index is 12.2. The van der Waals surface area contributed by atoms with E-state index in [0.717, 1.165) is 33.8 Å². The highest BCUT2D eigenvalue weighted by atomic mass is 79.9. The molecule has 2 aliphatic rings. The number of allylic oxidation sites excluding steroid dienone is 1. The van der Waals surface area contributed by atoms with Gasteiger partial charge in [-0.3, -0.25) is 4.79 Å². The van der Waals surface area contributed by atoms with Crippen molar-refractivity contribution in [2.24, 2.45) is 11.3 Å². The molecule has 4 heteroatoms. The van der Waals surface area contributed by atoms with Gasteiger partial charge in [0.2, 0.25) is 0 Å². The summed E-state index contributed by atoms with van der Waals surface area (Å²) in [7, 11) is 0. The minimum atomic E-state index is -0.371. The molecule has 1 aromatic carbocycles. The van der Waals surface area contributed by atoms with Crippen LogP contribution in [0.15, 0.2) is 39.3 Å². The molecule has 19 heavy (non-hydrogen) atoms. The molecule has 100 valence electrons. The predicted octanol–water partition coefficient (Wildman–Crippen LogP) is 4.26. The van der Waals surface area contributed by atoms with E-state index in [9.17, 15) is 4.79 Å². The first-order valence-electron chi connectivity index (χ1n) is 6.29. The number of ether oxygens (including phenoxy) is 1. The number of carbonyl (C=O) groups is 1. The maximum atomic E-state index is 12.2. The van der Waals surface area contributed by atoms with Crippen molar-refractivity contribution in [1.29, 1.82) is 0 Å². The van der Waals surface area contributed by atoms with Crippen molar-refractivity contribution in [2.45, 2.75) is 19.3 Å².